The molecule has 1 aliphatic heterocycles. The maximum absolute atomic E-state index is 11.2. The molecule has 1 rings (SSSR count). The number of ether oxygens (including phenoxy) is 1. The van der Waals surface area contributed by atoms with E-state index in [9.17, 15) is 4.79 Å². The van der Waals surface area contributed by atoms with Crippen molar-refractivity contribution in [3.05, 3.63) is 0 Å². The van der Waals surface area contributed by atoms with Crippen molar-refractivity contribution in [1.82, 2.24) is 4.90 Å². The average Bonchev–Trinajstić information content (AvgIpc) is 2.35. The van der Waals surface area contributed by atoms with Gasteiger partial charge in [0.2, 0.25) is 0 Å². The normalized spacial score (nSPS) is 19.4. The molecular weight excluding hydrogens is 206 g/mol. The highest BCUT2D eigenvalue weighted by molar-refractivity contribution is 5.79. The summed E-state index contributed by atoms with van der Waals surface area (Å²) in [5, 5.41) is 0. The standard InChI is InChI=1S/C11H21N3O2/c1-9(10(15)16-2)8-13-11(12)14-6-4-3-5-7-14/h9H,3-8H2,1-2H3,(H2,12,13). The fourth-order valence-corrected chi connectivity index (χ4v) is 1.73. The Morgan fingerprint density at radius 1 is 1.44 bits per heavy atom. The van der Waals surface area contributed by atoms with Gasteiger partial charge in [-0.1, -0.05) is 6.92 Å². The summed E-state index contributed by atoms with van der Waals surface area (Å²) in [6, 6.07) is 0. The van der Waals surface area contributed by atoms with E-state index >= 15 is 0 Å². The largest absolute Gasteiger partial charge is 0.469 e. The lowest BCUT2D eigenvalue weighted by atomic mass is 10.1. The third kappa shape index (κ3) is 3.72. The zero-order valence-electron chi connectivity index (χ0n) is 10.1. The number of esters is 1. The SMILES string of the molecule is COC(=O)C(C)CN=C(N)N1CCCCC1. The van der Waals surface area contributed by atoms with E-state index < -0.39 is 0 Å². The maximum Gasteiger partial charge on any atom is 0.310 e. The topological polar surface area (TPSA) is 67.9 Å². The van der Waals surface area contributed by atoms with Crippen molar-refractivity contribution in [3.63, 3.8) is 0 Å². The van der Waals surface area contributed by atoms with Crippen molar-refractivity contribution < 1.29 is 9.53 Å². The van der Waals surface area contributed by atoms with Crippen molar-refractivity contribution in [1.29, 1.82) is 0 Å². The van der Waals surface area contributed by atoms with Gasteiger partial charge in [-0.25, -0.2) is 0 Å². The molecule has 1 unspecified atom stereocenters. The van der Waals surface area contributed by atoms with Gasteiger partial charge >= 0.3 is 5.97 Å². The molecule has 1 aliphatic rings. The maximum atomic E-state index is 11.2. The van der Waals surface area contributed by atoms with Gasteiger partial charge in [0.25, 0.3) is 0 Å². The van der Waals surface area contributed by atoms with Gasteiger partial charge in [-0.15, -0.1) is 0 Å². The van der Waals surface area contributed by atoms with Gasteiger partial charge in [0.1, 0.15) is 0 Å². The van der Waals surface area contributed by atoms with Crippen LogP contribution in [0.25, 0.3) is 0 Å². The Kier molecular flexibility index (Phi) is 5.08. The van der Waals surface area contributed by atoms with Crippen molar-refractivity contribution in [2.24, 2.45) is 16.6 Å². The number of hydrogen-bond acceptors (Lipinski definition) is 3. The number of nitrogens with two attached hydrogens (primary N) is 1. The van der Waals surface area contributed by atoms with Crippen LogP contribution in [0.1, 0.15) is 26.2 Å². The number of methoxy groups -OCH3 is 1. The zero-order chi connectivity index (χ0) is 12.0. The Hall–Kier alpha value is -1.26. The van der Waals surface area contributed by atoms with Gasteiger partial charge < -0.3 is 15.4 Å². The Morgan fingerprint density at radius 3 is 2.62 bits per heavy atom. The highest BCUT2D eigenvalue weighted by atomic mass is 16.5. The second-order valence-electron chi connectivity index (χ2n) is 4.17. The van der Waals surface area contributed by atoms with Gasteiger partial charge in [0, 0.05) is 13.1 Å². The number of carbonyl (C=O) groups is 1. The van der Waals surface area contributed by atoms with Gasteiger partial charge in [0.15, 0.2) is 5.96 Å². The molecule has 0 radical (unpaired) electrons. The van der Waals surface area contributed by atoms with E-state index in [2.05, 4.69) is 14.6 Å². The third-order valence-electron chi connectivity index (χ3n) is 2.81. The lowest BCUT2D eigenvalue weighted by Gasteiger charge is -2.27. The molecular formula is C11H21N3O2. The number of piperidine rings is 1. The first-order valence-electron chi connectivity index (χ1n) is 5.78. The summed E-state index contributed by atoms with van der Waals surface area (Å²) in [5.74, 6) is 0.0824. The Bertz CT molecular complexity index is 260. The molecule has 16 heavy (non-hydrogen) atoms. The van der Waals surface area contributed by atoms with Crippen LogP contribution in [0.3, 0.4) is 0 Å². The summed E-state index contributed by atoms with van der Waals surface area (Å²) in [6.45, 7) is 4.14. The highest BCUT2D eigenvalue weighted by Crippen LogP contribution is 2.08. The minimum atomic E-state index is -0.241. The molecule has 1 heterocycles. The molecule has 0 saturated carbocycles. The van der Waals surface area contributed by atoms with Crippen LogP contribution < -0.4 is 5.73 Å². The molecule has 92 valence electrons. The van der Waals surface area contributed by atoms with E-state index in [1.54, 1.807) is 6.92 Å². The zero-order valence-corrected chi connectivity index (χ0v) is 10.1. The molecule has 0 aromatic carbocycles. The number of nitrogens with zero attached hydrogens (tertiary/aromatic N) is 2. The van der Waals surface area contributed by atoms with Gasteiger partial charge in [0.05, 0.1) is 19.6 Å². The summed E-state index contributed by atoms with van der Waals surface area (Å²) in [6.07, 6.45) is 3.61. The Balaban J connectivity index is 2.40. The fourth-order valence-electron chi connectivity index (χ4n) is 1.73. The summed E-state index contributed by atoms with van der Waals surface area (Å²) < 4.78 is 4.63. The fraction of sp³-hybridized carbons (Fsp3) is 0.818. The van der Waals surface area contributed by atoms with Gasteiger partial charge in [-0.05, 0) is 19.3 Å². The predicted molar refractivity (Wildman–Crippen MR) is 63.1 cm³/mol. The minimum Gasteiger partial charge on any atom is -0.469 e. The first-order valence-corrected chi connectivity index (χ1v) is 5.78. The molecule has 1 fully saturated rings. The Labute approximate surface area is 96.7 Å². The van der Waals surface area contributed by atoms with Crippen LogP contribution in [0.4, 0.5) is 0 Å². The summed E-state index contributed by atoms with van der Waals surface area (Å²) in [5.41, 5.74) is 5.86. The minimum absolute atomic E-state index is 0.228. The van der Waals surface area contributed by atoms with E-state index in [1.165, 1.54) is 26.4 Å². The number of guanidine groups is 1. The number of aliphatic imine (C=N–C) groups is 1. The van der Waals surface area contributed by atoms with Crippen LogP contribution in [-0.4, -0.2) is 43.6 Å². The number of rotatable bonds is 3. The van der Waals surface area contributed by atoms with Crippen LogP contribution in [0, 0.1) is 5.92 Å². The van der Waals surface area contributed by atoms with E-state index in [0.29, 0.717) is 12.5 Å². The highest BCUT2D eigenvalue weighted by Gasteiger charge is 2.15. The lowest BCUT2D eigenvalue weighted by Crippen LogP contribution is -2.41. The van der Waals surface area contributed by atoms with Gasteiger partial charge in [-0.2, -0.15) is 0 Å². The van der Waals surface area contributed by atoms with Crippen LogP contribution >= 0.6 is 0 Å². The van der Waals surface area contributed by atoms with Crippen LogP contribution in [0.15, 0.2) is 4.99 Å². The quantitative estimate of drug-likeness (QED) is 0.435. The molecule has 0 amide bonds. The van der Waals surface area contributed by atoms with E-state index in [1.807, 2.05) is 0 Å². The van der Waals surface area contributed by atoms with Crippen LogP contribution in [-0.2, 0) is 9.53 Å². The van der Waals surface area contributed by atoms with Crippen molar-refractivity contribution >= 4 is 11.9 Å². The monoisotopic (exact) mass is 227 g/mol. The van der Waals surface area contributed by atoms with E-state index in [4.69, 9.17) is 5.73 Å². The Morgan fingerprint density at radius 2 is 2.06 bits per heavy atom. The molecule has 2 N–H and O–H groups in total. The second-order valence-corrected chi connectivity index (χ2v) is 4.17. The lowest BCUT2D eigenvalue weighted by molar-refractivity contribution is -0.144. The van der Waals surface area contributed by atoms with Crippen molar-refractivity contribution in [2.75, 3.05) is 26.7 Å². The first kappa shape index (κ1) is 12.8. The smallest absolute Gasteiger partial charge is 0.310 e. The number of likely N-dealkylation sites (tertiary alicyclic amines) is 1. The number of carbonyl (C=O) groups excluding carboxylic acids is 1. The molecule has 0 aromatic heterocycles. The van der Waals surface area contributed by atoms with E-state index in [-0.39, 0.29) is 11.9 Å². The molecule has 0 spiro atoms. The molecule has 5 heteroatoms. The van der Waals surface area contributed by atoms with E-state index in [0.717, 1.165) is 13.1 Å². The van der Waals surface area contributed by atoms with Crippen molar-refractivity contribution in [2.45, 2.75) is 26.2 Å². The molecule has 1 saturated heterocycles. The summed E-state index contributed by atoms with van der Waals surface area (Å²) in [7, 11) is 1.39. The molecule has 1 atom stereocenters. The first-order chi connectivity index (χ1) is 7.65. The van der Waals surface area contributed by atoms with Crippen LogP contribution in [0.2, 0.25) is 0 Å². The molecule has 0 aromatic rings. The molecule has 0 aliphatic carbocycles. The number of hydrogen-bond donors (Lipinski definition) is 1. The van der Waals surface area contributed by atoms with Crippen molar-refractivity contribution in [3.8, 4) is 0 Å². The summed E-state index contributed by atoms with van der Waals surface area (Å²) in [4.78, 5) is 17.5. The van der Waals surface area contributed by atoms with Crippen LogP contribution in [0.5, 0.6) is 0 Å². The predicted octanol–water partition coefficient (Wildman–Crippen LogP) is 0.596. The summed E-state index contributed by atoms with van der Waals surface area (Å²) >= 11 is 0. The average molecular weight is 227 g/mol. The molecule has 5 nitrogen and oxygen atoms in total. The van der Waals surface area contributed by atoms with Gasteiger partial charge in [-0.3, -0.25) is 9.79 Å². The molecule has 0 bridgehead atoms. The second kappa shape index (κ2) is 6.35. The third-order valence-corrected chi connectivity index (χ3v) is 2.81.